The normalized spacial score (nSPS) is 19.8. The fourth-order valence-corrected chi connectivity index (χ4v) is 6.28. The summed E-state index contributed by atoms with van der Waals surface area (Å²) in [5.74, 6) is -3.07. The highest BCUT2D eigenvalue weighted by Gasteiger charge is 2.40. The summed E-state index contributed by atoms with van der Waals surface area (Å²) in [4.78, 5) is 43.0. The molecule has 254 valence electrons. The van der Waals surface area contributed by atoms with Crippen molar-refractivity contribution in [1.82, 2.24) is 14.7 Å². The average molecular weight is 681 g/mol. The van der Waals surface area contributed by atoms with Crippen molar-refractivity contribution in [2.24, 2.45) is 17.6 Å². The minimum atomic E-state index is -5.02. The number of nitrogens with two attached hydrogens (primary N) is 1. The molecule has 0 bridgehead atoms. The van der Waals surface area contributed by atoms with Crippen molar-refractivity contribution in [2.75, 3.05) is 39.8 Å². The third kappa shape index (κ3) is 8.90. The van der Waals surface area contributed by atoms with E-state index in [1.165, 1.54) is 19.2 Å². The minimum absolute atomic E-state index is 0. The molecule has 0 aliphatic carbocycles. The minimum Gasteiger partial charge on any atom is -0.369 e. The first kappa shape index (κ1) is 37.1. The van der Waals surface area contributed by atoms with E-state index in [1.54, 1.807) is 17.9 Å². The number of benzene rings is 2. The Bertz CT molecular complexity index is 1400. The molecule has 15 heteroatoms. The maximum atomic E-state index is 14.0. The Morgan fingerprint density at radius 2 is 1.50 bits per heavy atom. The predicted molar refractivity (Wildman–Crippen MR) is 157 cm³/mol. The van der Waals surface area contributed by atoms with Crippen LogP contribution in [0.15, 0.2) is 36.4 Å². The van der Waals surface area contributed by atoms with Crippen LogP contribution >= 0.6 is 12.4 Å². The van der Waals surface area contributed by atoms with Gasteiger partial charge in [-0.25, -0.2) is 4.39 Å². The molecule has 2 aromatic carbocycles. The van der Waals surface area contributed by atoms with E-state index in [9.17, 15) is 45.1 Å². The molecule has 4 rings (SSSR count). The van der Waals surface area contributed by atoms with Crippen LogP contribution in [-0.2, 0) is 33.3 Å². The highest BCUT2D eigenvalue weighted by atomic mass is 35.5. The molecule has 2 atom stereocenters. The van der Waals surface area contributed by atoms with E-state index in [0.717, 1.165) is 4.90 Å². The molecule has 2 unspecified atom stereocenters. The summed E-state index contributed by atoms with van der Waals surface area (Å²) in [7, 11) is 1.32. The van der Waals surface area contributed by atoms with Crippen molar-refractivity contribution in [1.29, 1.82) is 0 Å². The Labute approximate surface area is 268 Å². The van der Waals surface area contributed by atoms with Gasteiger partial charge in [0.2, 0.25) is 17.7 Å². The van der Waals surface area contributed by atoms with Gasteiger partial charge >= 0.3 is 12.4 Å². The monoisotopic (exact) mass is 680 g/mol. The van der Waals surface area contributed by atoms with Gasteiger partial charge < -0.3 is 15.5 Å². The van der Waals surface area contributed by atoms with E-state index in [4.69, 9.17) is 5.73 Å². The fraction of sp³-hybridized carbons (Fsp3) is 0.516. The topological polar surface area (TPSA) is 87.0 Å². The van der Waals surface area contributed by atoms with Crippen molar-refractivity contribution in [2.45, 2.75) is 51.0 Å². The van der Waals surface area contributed by atoms with Gasteiger partial charge in [0.15, 0.2) is 0 Å². The second kappa shape index (κ2) is 14.6. The summed E-state index contributed by atoms with van der Waals surface area (Å²) in [5.41, 5.74) is 3.34. The molecule has 2 aromatic rings. The molecular weight excluding hydrogens is 645 g/mol. The molecule has 7 nitrogen and oxygen atoms in total. The van der Waals surface area contributed by atoms with Crippen molar-refractivity contribution < 1.29 is 45.1 Å². The summed E-state index contributed by atoms with van der Waals surface area (Å²) in [6, 6.07) is 5.35. The van der Waals surface area contributed by atoms with Crippen LogP contribution in [0.4, 0.5) is 30.7 Å². The lowest BCUT2D eigenvalue weighted by atomic mass is 9.78. The molecule has 3 amide bonds. The molecule has 46 heavy (non-hydrogen) atoms. The fourth-order valence-electron chi connectivity index (χ4n) is 6.28. The van der Waals surface area contributed by atoms with Crippen molar-refractivity contribution in [3.8, 4) is 0 Å². The maximum Gasteiger partial charge on any atom is 0.416 e. The van der Waals surface area contributed by atoms with Gasteiger partial charge in [-0.05, 0) is 79.8 Å². The number of carbonyl (C=O) groups excluding carboxylic acids is 3. The quantitative estimate of drug-likeness (QED) is 0.398. The largest absolute Gasteiger partial charge is 0.416 e. The van der Waals surface area contributed by atoms with Crippen LogP contribution in [0, 0.1) is 24.6 Å². The first-order valence-electron chi connectivity index (χ1n) is 14.5. The Hall–Kier alpha value is -3.39. The number of carbonyl (C=O) groups is 3. The summed E-state index contributed by atoms with van der Waals surface area (Å²) < 4.78 is 94.4. The zero-order valence-electron chi connectivity index (χ0n) is 25.3. The lowest BCUT2D eigenvalue weighted by Gasteiger charge is -2.40. The van der Waals surface area contributed by atoms with Crippen LogP contribution in [0.3, 0.4) is 0 Å². The third-order valence-corrected chi connectivity index (χ3v) is 8.70. The van der Waals surface area contributed by atoms with Crippen molar-refractivity contribution in [3.63, 3.8) is 0 Å². The number of aryl methyl sites for hydroxylation is 1. The average Bonchev–Trinajstić information content (AvgIpc) is 2.95. The lowest BCUT2D eigenvalue weighted by molar-refractivity contribution is -0.143. The van der Waals surface area contributed by atoms with Crippen LogP contribution in [0.25, 0.3) is 0 Å². The second-order valence-electron chi connectivity index (χ2n) is 11.9. The Morgan fingerprint density at radius 3 is 2.02 bits per heavy atom. The number of alkyl halides is 6. The lowest BCUT2D eigenvalue weighted by Crippen LogP contribution is -2.50. The van der Waals surface area contributed by atoms with Crippen molar-refractivity contribution in [3.05, 3.63) is 70.0 Å². The molecule has 0 radical (unpaired) electrons. The molecule has 0 spiro atoms. The number of halogens is 8. The molecule has 2 aliphatic rings. The predicted octanol–water partition coefficient (Wildman–Crippen LogP) is 5.38. The van der Waals surface area contributed by atoms with Gasteiger partial charge in [-0.3, -0.25) is 19.3 Å². The summed E-state index contributed by atoms with van der Waals surface area (Å²) >= 11 is 0. The number of likely N-dealkylation sites (tertiary alicyclic amines) is 2. The SMILES string of the molecule is Cc1cc(F)ccc1C1CN(CC(=O)N2CCC(C(N)=O)CC2)CCC1C(=O)N(C)Cc1cc(C(F)(F)F)cc(C(F)(F)F)c1.Cl. The van der Waals surface area contributed by atoms with Gasteiger partial charge in [0.25, 0.3) is 0 Å². The number of amides is 3. The van der Waals surface area contributed by atoms with Gasteiger partial charge in [0.05, 0.1) is 17.7 Å². The van der Waals surface area contributed by atoms with E-state index in [-0.39, 0.29) is 55.4 Å². The maximum absolute atomic E-state index is 14.0. The van der Waals surface area contributed by atoms with Gasteiger partial charge in [0, 0.05) is 51.0 Å². The van der Waals surface area contributed by atoms with Gasteiger partial charge in [-0.15, -0.1) is 12.4 Å². The van der Waals surface area contributed by atoms with E-state index in [0.29, 0.717) is 55.7 Å². The standard InChI is InChI=1S/C31H35F7N4O3.ClH/c1-18-11-23(32)3-4-24(18)26-16-41(17-27(43)42-9-5-20(6-10-42)28(39)44)8-7-25(26)29(45)40(2)15-19-12-21(30(33,34)35)14-22(13-19)31(36,37)38;/h3-4,11-14,20,25-26H,5-10,15-17H2,1-2H3,(H2,39,44);1H. The smallest absolute Gasteiger partial charge is 0.369 e. The highest BCUT2D eigenvalue weighted by Crippen LogP contribution is 2.38. The number of hydrogen-bond donors (Lipinski definition) is 1. The van der Waals surface area contributed by atoms with Crippen LogP contribution in [0.1, 0.15) is 53.0 Å². The van der Waals surface area contributed by atoms with Crippen LogP contribution in [-0.4, -0.2) is 72.2 Å². The molecule has 2 fully saturated rings. The van der Waals surface area contributed by atoms with Crippen LogP contribution < -0.4 is 5.73 Å². The number of nitrogens with zero attached hydrogens (tertiary/aromatic N) is 3. The third-order valence-electron chi connectivity index (χ3n) is 8.70. The molecule has 2 aliphatic heterocycles. The first-order chi connectivity index (χ1) is 20.9. The van der Waals surface area contributed by atoms with Crippen LogP contribution in [0.2, 0.25) is 0 Å². The number of rotatable bonds is 7. The zero-order chi connectivity index (χ0) is 33.3. The summed E-state index contributed by atoms with van der Waals surface area (Å²) in [5, 5.41) is 0. The zero-order valence-corrected chi connectivity index (χ0v) is 26.1. The van der Waals surface area contributed by atoms with Crippen molar-refractivity contribution >= 4 is 30.1 Å². The van der Waals surface area contributed by atoms with E-state index >= 15 is 0 Å². The Kier molecular flexibility index (Phi) is 11.7. The van der Waals surface area contributed by atoms with E-state index in [2.05, 4.69) is 0 Å². The Morgan fingerprint density at radius 1 is 0.913 bits per heavy atom. The first-order valence-corrected chi connectivity index (χ1v) is 14.5. The van der Waals surface area contributed by atoms with E-state index in [1.807, 2.05) is 4.90 Å². The van der Waals surface area contributed by atoms with Gasteiger partial charge in [0.1, 0.15) is 5.82 Å². The molecule has 2 N–H and O–H groups in total. The molecular formula is C31H36ClF7N4O3. The molecule has 2 saturated heterocycles. The number of piperidine rings is 2. The van der Waals surface area contributed by atoms with Gasteiger partial charge in [-0.1, -0.05) is 6.07 Å². The highest BCUT2D eigenvalue weighted by molar-refractivity contribution is 5.85. The summed E-state index contributed by atoms with van der Waals surface area (Å²) in [6.45, 7) is 2.56. The molecule has 2 heterocycles. The van der Waals surface area contributed by atoms with Gasteiger partial charge in [-0.2, -0.15) is 26.3 Å². The second-order valence-corrected chi connectivity index (χ2v) is 11.9. The number of primary amides is 1. The summed E-state index contributed by atoms with van der Waals surface area (Å²) in [6.07, 6.45) is -8.86. The van der Waals surface area contributed by atoms with E-state index < -0.39 is 59.5 Å². The molecule has 0 saturated carbocycles. The van der Waals surface area contributed by atoms with Crippen LogP contribution in [0.5, 0.6) is 0 Å². The number of hydrogen-bond acceptors (Lipinski definition) is 4. The molecule has 0 aromatic heterocycles. The Balaban J connectivity index is 0.00000576.